The second-order valence-electron chi connectivity index (χ2n) is 8.91. The molecule has 0 radical (unpaired) electrons. The summed E-state index contributed by atoms with van der Waals surface area (Å²) in [5, 5.41) is 6.74. The highest BCUT2D eigenvalue weighted by Gasteiger charge is 2.40. The van der Waals surface area contributed by atoms with E-state index in [1.165, 1.54) is 22.9 Å². The molecule has 1 aliphatic rings. The highest BCUT2D eigenvalue weighted by Crippen LogP contribution is 2.27. The largest absolute Gasteiger partial charge is 0.364 e. The molecule has 202 valence electrons. The third-order valence-corrected chi connectivity index (χ3v) is 6.53. The number of alkyl halides is 1. The highest BCUT2D eigenvalue weighted by molar-refractivity contribution is 6.31. The van der Waals surface area contributed by atoms with Crippen molar-refractivity contribution in [2.24, 2.45) is 5.73 Å². The minimum absolute atomic E-state index is 0.0853. The van der Waals surface area contributed by atoms with Crippen molar-refractivity contribution in [3.8, 4) is 11.8 Å². The van der Waals surface area contributed by atoms with E-state index in [0.717, 1.165) is 4.90 Å². The first-order valence-electron chi connectivity index (χ1n) is 12.0. The van der Waals surface area contributed by atoms with Crippen LogP contribution in [-0.4, -0.2) is 61.1 Å². The molecular weight excluding hydrogens is 544 g/mol. The maximum Gasteiger partial charge on any atom is 0.269 e. The number of likely N-dealkylation sites (tertiary alicyclic amines) is 1. The Hall–Kier alpha value is -4.89. The van der Waals surface area contributed by atoms with Gasteiger partial charge in [0.1, 0.15) is 18.8 Å². The number of aromatic nitrogens is 4. The van der Waals surface area contributed by atoms with Gasteiger partial charge in [-0.15, -0.1) is 0 Å². The minimum atomic E-state index is -1.46. The maximum atomic E-state index is 14.4. The van der Waals surface area contributed by atoms with Crippen LogP contribution in [0, 0.1) is 17.7 Å². The summed E-state index contributed by atoms with van der Waals surface area (Å²) >= 11 is 5.77. The topological polar surface area (TPSA) is 136 Å². The zero-order valence-electron chi connectivity index (χ0n) is 20.6. The van der Waals surface area contributed by atoms with Gasteiger partial charge in [0.25, 0.3) is 5.91 Å². The number of halogens is 3. The van der Waals surface area contributed by atoms with Gasteiger partial charge >= 0.3 is 0 Å². The van der Waals surface area contributed by atoms with Gasteiger partial charge in [-0.1, -0.05) is 23.6 Å². The summed E-state index contributed by atoms with van der Waals surface area (Å²) in [4.78, 5) is 47.4. The number of fused-ring (bicyclic) bond motifs is 1. The monoisotopic (exact) mass is 563 g/mol. The molecule has 5 rings (SSSR count). The SMILES string of the molecule is NC(=O)c1nn(CC(=O)N2C[C@H](F)C[C@H]2C(=O)Nc2cccc(Cl)c2F)c2ccc(C#Cc3ncccn3)cc12. The van der Waals surface area contributed by atoms with Gasteiger partial charge in [-0.3, -0.25) is 19.1 Å². The molecule has 3 amide bonds. The van der Waals surface area contributed by atoms with Crippen LogP contribution >= 0.6 is 11.6 Å². The summed E-state index contributed by atoms with van der Waals surface area (Å²) in [5.41, 5.74) is 6.19. The third-order valence-electron chi connectivity index (χ3n) is 6.24. The lowest BCUT2D eigenvalue weighted by molar-refractivity contribution is -0.137. The average Bonchev–Trinajstić information content (AvgIpc) is 3.51. The number of nitrogens with one attached hydrogen (secondary N) is 1. The Morgan fingerprint density at radius 2 is 1.90 bits per heavy atom. The quantitative estimate of drug-likeness (QED) is 0.358. The lowest BCUT2D eigenvalue weighted by Crippen LogP contribution is -2.44. The standard InChI is InChI=1S/C27H20ClF2N7O3/c28-18-3-1-4-19(24(18)30)34-27(40)21-12-16(29)13-36(21)23(38)14-37-20-7-5-15(6-8-22-32-9-2-10-33-22)11-17(20)25(35-37)26(31)39/h1-5,7,9-11,16,21H,12-14H2,(H2,31,39)(H,34,40)/t16-,21+/m1/s1. The average molecular weight is 564 g/mol. The van der Waals surface area contributed by atoms with Crippen LogP contribution in [0.1, 0.15) is 28.3 Å². The summed E-state index contributed by atoms with van der Waals surface area (Å²) in [6, 6.07) is 9.42. The lowest BCUT2D eigenvalue weighted by atomic mass is 10.1. The number of nitrogens with two attached hydrogens (primary N) is 1. The van der Waals surface area contributed by atoms with Crippen LogP contribution < -0.4 is 11.1 Å². The molecular formula is C27H20ClF2N7O3. The number of carbonyl (C=O) groups excluding carboxylic acids is 3. The van der Waals surface area contributed by atoms with Crippen molar-refractivity contribution in [2.75, 3.05) is 11.9 Å². The Balaban J connectivity index is 1.39. The molecule has 2 aromatic carbocycles. The van der Waals surface area contributed by atoms with Gasteiger partial charge in [0.05, 0.1) is 22.8 Å². The summed E-state index contributed by atoms with van der Waals surface area (Å²) in [7, 11) is 0. The molecule has 0 saturated carbocycles. The van der Waals surface area contributed by atoms with E-state index in [1.54, 1.807) is 36.7 Å². The molecule has 2 atom stereocenters. The van der Waals surface area contributed by atoms with Crippen LogP contribution in [0.25, 0.3) is 10.9 Å². The van der Waals surface area contributed by atoms with Gasteiger partial charge in [-0.25, -0.2) is 18.7 Å². The first-order valence-corrected chi connectivity index (χ1v) is 12.4. The fraction of sp³-hybridized carbons (Fsp3) is 0.185. The van der Waals surface area contributed by atoms with Crippen molar-refractivity contribution < 1.29 is 23.2 Å². The number of amides is 3. The highest BCUT2D eigenvalue weighted by atomic mass is 35.5. The van der Waals surface area contributed by atoms with Crippen LogP contribution in [0.15, 0.2) is 54.9 Å². The molecule has 0 spiro atoms. The smallest absolute Gasteiger partial charge is 0.269 e. The van der Waals surface area contributed by atoms with Crippen molar-refractivity contribution in [1.29, 1.82) is 0 Å². The summed E-state index contributed by atoms with van der Waals surface area (Å²) in [6.07, 6.45) is 1.39. The number of hydrogen-bond acceptors (Lipinski definition) is 6. The van der Waals surface area contributed by atoms with Gasteiger partial charge in [-0.2, -0.15) is 5.10 Å². The van der Waals surface area contributed by atoms with E-state index in [0.29, 0.717) is 22.3 Å². The molecule has 0 unspecified atom stereocenters. The van der Waals surface area contributed by atoms with E-state index in [9.17, 15) is 23.2 Å². The number of benzene rings is 2. The number of hydrogen-bond donors (Lipinski definition) is 2. The van der Waals surface area contributed by atoms with E-state index in [1.807, 2.05) is 0 Å². The second kappa shape index (κ2) is 11.1. The van der Waals surface area contributed by atoms with Crippen LogP contribution in [-0.2, 0) is 16.1 Å². The van der Waals surface area contributed by atoms with Crippen molar-refractivity contribution in [2.45, 2.75) is 25.2 Å². The number of primary amides is 1. The van der Waals surface area contributed by atoms with Crippen LogP contribution in [0.4, 0.5) is 14.5 Å². The predicted octanol–water partition coefficient (Wildman–Crippen LogP) is 2.70. The molecule has 1 fully saturated rings. The number of carbonyl (C=O) groups is 3. The molecule has 2 aromatic heterocycles. The Labute approximate surface area is 231 Å². The fourth-order valence-electron chi connectivity index (χ4n) is 4.40. The Kier molecular flexibility index (Phi) is 7.39. The molecule has 4 aromatic rings. The Bertz CT molecular complexity index is 1700. The summed E-state index contributed by atoms with van der Waals surface area (Å²) in [5.74, 6) is 2.98. The first kappa shape index (κ1) is 26.7. The molecule has 40 heavy (non-hydrogen) atoms. The van der Waals surface area contributed by atoms with Gasteiger partial charge in [-0.05, 0) is 42.3 Å². The predicted molar refractivity (Wildman–Crippen MR) is 141 cm³/mol. The van der Waals surface area contributed by atoms with Crippen LogP contribution in [0.3, 0.4) is 0 Å². The van der Waals surface area contributed by atoms with E-state index in [2.05, 4.69) is 32.2 Å². The maximum absolute atomic E-state index is 14.4. The van der Waals surface area contributed by atoms with Gasteiger partial charge < -0.3 is 16.0 Å². The fourth-order valence-corrected chi connectivity index (χ4v) is 4.57. The first-order chi connectivity index (χ1) is 19.2. The van der Waals surface area contributed by atoms with E-state index < -0.39 is 42.3 Å². The third kappa shape index (κ3) is 5.45. The molecule has 3 heterocycles. The Morgan fingerprint density at radius 3 is 2.65 bits per heavy atom. The number of nitrogens with zero attached hydrogens (tertiary/aromatic N) is 5. The van der Waals surface area contributed by atoms with Crippen molar-refractivity contribution in [3.63, 3.8) is 0 Å². The van der Waals surface area contributed by atoms with E-state index in [4.69, 9.17) is 17.3 Å². The van der Waals surface area contributed by atoms with Crippen molar-refractivity contribution in [1.82, 2.24) is 24.6 Å². The van der Waals surface area contributed by atoms with Gasteiger partial charge in [0.15, 0.2) is 11.5 Å². The zero-order valence-corrected chi connectivity index (χ0v) is 21.4. The minimum Gasteiger partial charge on any atom is -0.364 e. The normalized spacial score (nSPS) is 16.4. The zero-order chi connectivity index (χ0) is 28.4. The second-order valence-corrected chi connectivity index (χ2v) is 9.32. The lowest BCUT2D eigenvalue weighted by Gasteiger charge is -2.24. The number of rotatable bonds is 5. The van der Waals surface area contributed by atoms with E-state index >= 15 is 0 Å². The van der Waals surface area contributed by atoms with Crippen molar-refractivity contribution in [3.05, 3.63) is 82.8 Å². The number of anilines is 1. The van der Waals surface area contributed by atoms with Gasteiger partial charge in [0.2, 0.25) is 17.6 Å². The molecule has 10 nitrogen and oxygen atoms in total. The van der Waals surface area contributed by atoms with Crippen molar-refractivity contribution >= 4 is 45.9 Å². The van der Waals surface area contributed by atoms with E-state index in [-0.39, 0.29) is 29.4 Å². The molecule has 0 aliphatic carbocycles. The molecule has 1 saturated heterocycles. The van der Waals surface area contributed by atoms with Crippen LogP contribution in [0.2, 0.25) is 5.02 Å². The molecule has 1 aliphatic heterocycles. The van der Waals surface area contributed by atoms with Gasteiger partial charge in [0, 0.05) is 29.8 Å². The molecule has 0 bridgehead atoms. The summed E-state index contributed by atoms with van der Waals surface area (Å²) < 4.78 is 29.9. The molecule has 3 N–H and O–H groups in total. The summed E-state index contributed by atoms with van der Waals surface area (Å²) in [6.45, 7) is -0.743. The Morgan fingerprint density at radius 1 is 1.12 bits per heavy atom. The van der Waals surface area contributed by atoms with Crippen LogP contribution in [0.5, 0.6) is 0 Å². The molecule has 13 heteroatoms.